The molecular weight excluding hydrogens is 334 g/mol. The highest BCUT2D eigenvalue weighted by molar-refractivity contribution is 6.30. The molecule has 3 rings (SSSR count). The van der Waals surface area contributed by atoms with Crippen molar-refractivity contribution in [2.24, 2.45) is 0 Å². The average molecular weight is 358 g/mol. The van der Waals surface area contributed by atoms with E-state index in [4.69, 9.17) is 11.6 Å². The smallest absolute Gasteiger partial charge is 0.321 e. The topological polar surface area (TPSA) is 35.6 Å². The molecule has 25 heavy (non-hydrogen) atoms. The number of nitrogens with zero attached hydrogens (tertiary/aromatic N) is 2. The highest BCUT2D eigenvalue weighted by Gasteiger charge is 2.22. The summed E-state index contributed by atoms with van der Waals surface area (Å²) in [7, 11) is 0. The lowest BCUT2D eigenvalue weighted by molar-refractivity contribution is 0.208. The number of piperazine rings is 1. The first-order chi connectivity index (χ1) is 11.9. The van der Waals surface area contributed by atoms with Crippen LogP contribution in [0.3, 0.4) is 0 Å². The third-order valence-electron chi connectivity index (χ3n) is 4.70. The highest BCUT2D eigenvalue weighted by Crippen LogP contribution is 2.25. The number of amides is 2. The molecule has 132 valence electrons. The summed E-state index contributed by atoms with van der Waals surface area (Å²) >= 11 is 6.04. The first-order valence-corrected chi connectivity index (χ1v) is 8.96. The van der Waals surface area contributed by atoms with E-state index < -0.39 is 0 Å². The van der Waals surface area contributed by atoms with Gasteiger partial charge in [0.15, 0.2) is 0 Å². The van der Waals surface area contributed by atoms with Gasteiger partial charge < -0.3 is 15.1 Å². The Kier molecular flexibility index (Phi) is 5.19. The van der Waals surface area contributed by atoms with Crippen molar-refractivity contribution in [3.63, 3.8) is 0 Å². The molecule has 1 aliphatic rings. The quantitative estimate of drug-likeness (QED) is 0.851. The molecule has 1 aliphatic heterocycles. The van der Waals surface area contributed by atoms with Crippen LogP contribution >= 0.6 is 11.6 Å². The molecule has 0 radical (unpaired) electrons. The van der Waals surface area contributed by atoms with E-state index >= 15 is 0 Å². The summed E-state index contributed by atoms with van der Waals surface area (Å²) in [5.74, 6) is 0. The van der Waals surface area contributed by atoms with E-state index in [0.717, 1.165) is 34.9 Å². The molecule has 0 atom stereocenters. The van der Waals surface area contributed by atoms with Crippen LogP contribution in [0.5, 0.6) is 0 Å². The lowest BCUT2D eigenvalue weighted by atomic mass is 10.1. The second-order valence-electron chi connectivity index (χ2n) is 6.65. The number of rotatable bonds is 2. The van der Waals surface area contributed by atoms with E-state index in [2.05, 4.69) is 29.3 Å². The van der Waals surface area contributed by atoms with Crippen molar-refractivity contribution >= 4 is 29.0 Å². The Bertz CT molecular complexity index is 783. The maximum atomic E-state index is 12.6. The molecule has 5 heteroatoms. The maximum Gasteiger partial charge on any atom is 0.321 e. The summed E-state index contributed by atoms with van der Waals surface area (Å²) in [6, 6.07) is 12.0. The second kappa shape index (κ2) is 7.36. The molecule has 0 unspecified atom stereocenters. The number of halogens is 1. The van der Waals surface area contributed by atoms with Crippen molar-refractivity contribution in [2.75, 3.05) is 36.4 Å². The van der Waals surface area contributed by atoms with Crippen LogP contribution < -0.4 is 10.2 Å². The molecule has 4 nitrogen and oxygen atoms in total. The third kappa shape index (κ3) is 4.07. The Morgan fingerprint density at radius 2 is 1.68 bits per heavy atom. The van der Waals surface area contributed by atoms with Gasteiger partial charge in [0.1, 0.15) is 0 Å². The number of carbonyl (C=O) groups excluding carboxylic acids is 1. The number of urea groups is 1. The van der Waals surface area contributed by atoms with Gasteiger partial charge in [-0.1, -0.05) is 23.7 Å². The largest absolute Gasteiger partial charge is 0.368 e. The predicted octanol–water partition coefficient (Wildman–Crippen LogP) is 4.62. The van der Waals surface area contributed by atoms with Crippen molar-refractivity contribution in [2.45, 2.75) is 20.8 Å². The number of hydrogen-bond donors (Lipinski definition) is 1. The van der Waals surface area contributed by atoms with E-state index in [1.807, 2.05) is 43.0 Å². The Hall–Kier alpha value is -2.20. The van der Waals surface area contributed by atoms with Crippen LogP contribution in [0, 0.1) is 20.8 Å². The van der Waals surface area contributed by atoms with Crippen LogP contribution in [-0.2, 0) is 0 Å². The maximum absolute atomic E-state index is 12.6. The van der Waals surface area contributed by atoms with E-state index in [0.29, 0.717) is 13.1 Å². The molecule has 0 aliphatic carbocycles. The molecule has 1 saturated heterocycles. The molecule has 1 N–H and O–H groups in total. The van der Waals surface area contributed by atoms with Gasteiger partial charge in [0.2, 0.25) is 0 Å². The first kappa shape index (κ1) is 17.6. The minimum Gasteiger partial charge on any atom is -0.368 e. The number of anilines is 2. The monoisotopic (exact) mass is 357 g/mol. The number of aryl methyl sites for hydroxylation is 3. The predicted molar refractivity (Wildman–Crippen MR) is 105 cm³/mol. The molecule has 1 heterocycles. The van der Waals surface area contributed by atoms with E-state index in [1.165, 1.54) is 11.3 Å². The lowest BCUT2D eigenvalue weighted by Crippen LogP contribution is -2.50. The zero-order valence-corrected chi connectivity index (χ0v) is 15.7. The van der Waals surface area contributed by atoms with Crippen LogP contribution in [0.15, 0.2) is 36.4 Å². The lowest BCUT2D eigenvalue weighted by Gasteiger charge is -2.36. The Morgan fingerprint density at radius 1 is 0.960 bits per heavy atom. The van der Waals surface area contributed by atoms with Gasteiger partial charge in [0.05, 0.1) is 0 Å². The molecule has 0 spiro atoms. The summed E-state index contributed by atoms with van der Waals surface area (Å²) in [4.78, 5) is 16.8. The summed E-state index contributed by atoms with van der Waals surface area (Å²) in [6.07, 6.45) is 0. The standard InChI is InChI=1S/C20H24ClN3O/c1-14-4-5-15(2)18(12-14)22-20(25)24-10-8-23(9-11-24)19-7-6-17(21)13-16(19)3/h4-7,12-13H,8-11H2,1-3H3,(H,22,25). The fourth-order valence-electron chi connectivity index (χ4n) is 3.19. The van der Waals surface area contributed by atoms with Gasteiger partial charge >= 0.3 is 6.03 Å². The fourth-order valence-corrected chi connectivity index (χ4v) is 3.42. The van der Waals surface area contributed by atoms with Gasteiger partial charge in [-0.15, -0.1) is 0 Å². The van der Waals surface area contributed by atoms with Crippen LogP contribution in [0.25, 0.3) is 0 Å². The van der Waals surface area contributed by atoms with Gasteiger partial charge in [-0.3, -0.25) is 0 Å². The molecule has 0 aromatic heterocycles. The number of carbonyl (C=O) groups is 1. The van der Waals surface area contributed by atoms with Crippen LogP contribution in [0.4, 0.5) is 16.2 Å². The Balaban J connectivity index is 1.62. The summed E-state index contributed by atoms with van der Waals surface area (Å²) in [5.41, 5.74) is 5.47. The van der Waals surface area contributed by atoms with E-state index in [-0.39, 0.29) is 6.03 Å². The summed E-state index contributed by atoms with van der Waals surface area (Å²) in [5, 5.41) is 3.80. The second-order valence-corrected chi connectivity index (χ2v) is 7.09. The van der Waals surface area contributed by atoms with E-state index in [9.17, 15) is 4.79 Å². The fraction of sp³-hybridized carbons (Fsp3) is 0.350. The molecule has 1 fully saturated rings. The van der Waals surface area contributed by atoms with Gasteiger partial charge in [-0.2, -0.15) is 0 Å². The van der Waals surface area contributed by atoms with Crippen molar-refractivity contribution in [3.8, 4) is 0 Å². The first-order valence-electron chi connectivity index (χ1n) is 8.58. The zero-order chi connectivity index (χ0) is 18.0. The molecule has 2 amide bonds. The molecular formula is C20H24ClN3O. The van der Waals surface area contributed by atoms with Gasteiger partial charge in [0, 0.05) is 42.6 Å². The molecule has 2 aromatic carbocycles. The van der Waals surface area contributed by atoms with Crippen LogP contribution in [0.1, 0.15) is 16.7 Å². The summed E-state index contributed by atoms with van der Waals surface area (Å²) < 4.78 is 0. The minimum absolute atomic E-state index is 0.0267. The number of benzene rings is 2. The Labute approximate surface area is 154 Å². The molecule has 2 aromatic rings. The van der Waals surface area contributed by atoms with Crippen molar-refractivity contribution < 1.29 is 4.79 Å². The Morgan fingerprint density at radius 3 is 2.36 bits per heavy atom. The molecule has 0 bridgehead atoms. The van der Waals surface area contributed by atoms with Crippen molar-refractivity contribution in [1.29, 1.82) is 0 Å². The molecule has 0 saturated carbocycles. The van der Waals surface area contributed by atoms with Crippen molar-refractivity contribution in [1.82, 2.24) is 4.90 Å². The third-order valence-corrected chi connectivity index (χ3v) is 4.94. The van der Waals surface area contributed by atoms with Crippen LogP contribution in [0.2, 0.25) is 5.02 Å². The van der Waals surface area contributed by atoms with Gasteiger partial charge in [0.25, 0.3) is 0 Å². The van der Waals surface area contributed by atoms with E-state index in [1.54, 1.807) is 0 Å². The van der Waals surface area contributed by atoms with Crippen LogP contribution in [-0.4, -0.2) is 37.1 Å². The number of hydrogen-bond acceptors (Lipinski definition) is 2. The average Bonchev–Trinajstić information content (AvgIpc) is 2.58. The minimum atomic E-state index is -0.0267. The summed E-state index contributed by atoms with van der Waals surface area (Å²) in [6.45, 7) is 9.17. The SMILES string of the molecule is Cc1ccc(C)c(NC(=O)N2CCN(c3ccc(Cl)cc3C)CC2)c1. The number of nitrogens with one attached hydrogen (secondary N) is 1. The zero-order valence-electron chi connectivity index (χ0n) is 15.0. The normalized spacial score (nSPS) is 14.6. The van der Waals surface area contributed by atoms with Gasteiger partial charge in [-0.25, -0.2) is 4.79 Å². The van der Waals surface area contributed by atoms with Gasteiger partial charge in [-0.05, 0) is 61.7 Å². The van der Waals surface area contributed by atoms with Crippen molar-refractivity contribution in [3.05, 3.63) is 58.1 Å². The highest BCUT2D eigenvalue weighted by atomic mass is 35.5.